The molecule has 1 aromatic rings. The van der Waals surface area contributed by atoms with E-state index in [1.807, 2.05) is 18.7 Å². The number of aromatic nitrogens is 2. The summed E-state index contributed by atoms with van der Waals surface area (Å²) in [6, 6.07) is 2.64. The van der Waals surface area contributed by atoms with E-state index in [1.165, 1.54) is 25.7 Å². The lowest BCUT2D eigenvalue weighted by Crippen LogP contribution is -2.40. The van der Waals surface area contributed by atoms with E-state index in [1.54, 1.807) is 0 Å². The second-order valence-electron chi connectivity index (χ2n) is 4.71. The zero-order valence-corrected chi connectivity index (χ0v) is 11.3. The predicted molar refractivity (Wildman–Crippen MR) is 72.8 cm³/mol. The van der Waals surface area contributed by atoms with Crippen molar-refractivity contribution in [2.24, 2.45) is 7.05 Å². The van der Waals surface area contributed by atoms with Crippen LogP contribution >= 0.6 is 12.2 Å². The molecule has 0 radical (unpaired) electrons. The van der Waals surface area contributed by atoms with Gasteiger partial charge in [-0.1, -0.05) is 12.8 Å². The summed E-state index contributed by atoms with van der Waals surface area (Å²) < 4.78 is 1.88. The first-order valence-corrected chi connectivity index (χ1v) is 6.60. The number of hydrogen-bond acceptors (Lipinski definition) is 2. The topological polar surface area (TPSA) is 41.9 Å². The molecule has 1 aliphatic rings. The van der Waals surface area contributed by atoms with Crippen molar-refractivity contribution in [3.8, 4) is 0 Å². The van der Waals surface area contributed by atoms with Crippen LogP contribution in [-0.4, -0.2) is 20.9 Å². The van der Waals surface area contributed by atoms with Crippen molar-refractivity contribution in [2.75, 3.05) is 0 Å². The minimum atomic E-state index is 0.570. The molecule has 2 rings (SSSR count). The van der Waals surface area contributed by atoms with Gasteiger partial charge in [0, 0.05) is 18.8 Å². The van der Waals surface area contributed by atoms with Gasteiger partial charge >= 0.3 is 0 Å². The smallest absolute Gasteiger partial charge is 0.166 e. The lowest BCUT2D eigenvalue weighted by molar-refractivity contribution is 0.619. The average molecular weight is 252 g/mol. The second kappa shape index (κ2) is 5.49. The fourth-order valence-corrected chi connectivity index (χ4v) is 2.44. The standard InChI is InChI=1S/C12H20N4S/c1-9-7-11(15-16(9)2)8-13-12(17)14-10-5-3-4-6-10/h7,10H,3-6,8H2,1-2H3,(H2,13,14,17). The van der Waals surface area contributed by atoms with Crippen molar-refractivity contribution in [3.05, 3.63) is 17.5 Å². The number of hydrogen-bond donors (Lipinski definition) is 2. The Bertz CT molecular complexity index is 374. The molecule has 0 atom stereocenters. The molecule has 0 aliphatic heterocycles. The Morgan fingerprint density at radius 2 is 2.24 bits per heavy atom. The molecule has 1 fully saturated rings. The Balaban J connectivity index is 1.75. The van der Waals surface area contributed by atoms with Gasteiger partial charge in [-0.2, -0.15) is 5.10 Å². The normalized spacial score (nSPS) is 16.1. The average Bonchev–Trinajstić information content (AvgIpc) is 2.87. The maximum Gasteiger partial charge on any atom is 0.166 e. The van der Waals surface area contributed by atoms with Gasteiger partial charge in [-0.15, -0.1) is 0 Å². The van der Waals surface area contributed by atoms with Crippen LogP contribution in [0.25, 0.3) is 0 Å². The molecule has 1 aromatic heterocycles. The van der Waals surface area contributed by atoms with Gasteiger partial charge in [0.25, 0.3) is 0 Å². The fourth-order valence-electron chi connectivity index (χ4n) is 2.20. The van der Waals surface area contributed by atoms with Crippen molar-refractivity contribution in [1.29, 1.82) is 0 Å². The van der Waals surface area contributed by atoms with Crippen LogP contribution in [0.5, 0.6) is 0 Å². The third-order valence-corrected chi connectivity index (χ3v) is 3.55. The van der Waals surface area contributed by atoms with Crippen molar-refractivity contribution < 1.29 is 0 Å². The van der Waals surface area contributed by atoms with Crippen LogP contribution in [0.2, 0.25) is 0 Å². The molecular formula is C12H20N4S. The Morgan fingerprint density at radius 1 is 1.53 bits per heavy atom. The van der Waals surface area contributed by atoms with Crippen LogP contribution in [0, 0.1) is 6.92 Å². The molecule has 0 spiro atoms. The molecule has 0 aromatic carbocycles. The number of nitrogens with zero attached hydrogens (tertiary/aromatic N) is 2. The van der Waals surface area contributed by atoms with E-state index in [-0.39, 0.29) is 0 Å². The summed E-state index contributed by atoms with van der Waals surface area (Å²) in [4.78, 5) is 0. The van der Waals surface area contributed by atoms with E-state index in [4.69, 9.17) is 12.2 Å². The molecule has 94 valence electrons. The van der Waals surface area contributed by atoms with Crippen LogP contribution < -0.4 is 10.6 Å². The summed E-state index contributed by atoms with van der Waals surface area (Å²) >= 11 is 5.27. The summed E-state index contributed by atoms with van der Waals surface area (Å²) in [5, 5.41) is 11.7. The van der Waals surface area contributed by atoms with Crippen LogP contribution in [0.15, 0.2) is 6.07 Å². The summed E-state index contributed by atoms with van der Waals surface area (Å²) in [6.45, 7) is 2.74. The van der Waals surface area contributed by atoms with Crippen LogP contribution in [-0.2, 0) is 13.6 Å². The number of rotatable bonds is 3. The van der Waals surface area contributed by atoms with Crippen molar-refractivity contribution in [1.82, 2.24) is 20.4 Å². The van der Waals surface area contributed by atoms with E-state index in [2.05, 4.69) is 21.8 Å². The fraction of sp³-hybridized carbons (Fsp3) is 0.667. The highest BCUT2D eigenvalue weighted by atomic mass is 32.1. The molecule has 0 unspecified atom stereocenters. The molecule has 5 heteroatoms. The highest BCUT2D eigenvalue weighted by Crippen LogP contribution is 2.17. The van der Waals surface area contributed by atoms with Crippen LogP contribution in [0.4, 0.5) is 0 Å². The highest BCUT2D eigenvalue weighted by molar-refractivity contribution is 7.80. The molecular weight excluding hydrogens is 232 g/mol. The van der Waals surface area contributed by atoms with E-state index in [0.717, 1.165) is 16.5 Å². The zero-order valence-electron chi connectivity index (χ0n) is 10.5. The largest absolute Gasteiger partial charge is 0.360 e. The zero-order chi connectivity index (χ0) is 12.3. The quantitative estimate of drug-likeness (QED) is 0.803. The third-order valence-electron chi connectivity index (χ3n) is 3.28. The van der Waals surface area contributed by atoms with Crippen molar-refractivity contribution >= 4 is 17.3 Å². The maximum absolute atomic E-state index is 5.27. The Hall–Kier alpha value is -1.10. The van der Waals surface area contributed by atoms with Crippen LogP contribution in [0.3, 0.4) is 0 Å². The van der Waals surface area contributed by atoms with E-state index in [9.17, 15) is 0 Å². The van der Waals surface area contributed by atoms with E-state index >= 15 is 0 Å². The van der Waals surface area contributed by atoms with Crippen LogP contribution in [0.1, 0.15) is 37.1 Å². The van der Waals surface area contributed by atoms with Gasteiger partial charge in [0.05, 0.1) is 12.2 Å². The second-order valence-corrected chi connectivity index (χ2v) is 5.12. The predicted octanol–water partition coefficient (Wildman–Crippen LogP) is 1.64. The molecule has 1 saturated carbocycles. The molecule has 0 amide bonds. The molecule has 4 nitrogen and oxygen atoms in total. The first kappa shape index (κ1) is 12.4. The summed E-state index contributed by atoms with van der Waals surface area (Å²) in [5.74, 6) is 0. The maximum atomic E-state index is 5.27. The molecule has 1 aliphatic carbocycles. The molecule has 0 bridgehead atoms. The number of thiocarbonyl (C=S) groups is 1. The van der Waals surface area contributed by atoms with Gasteiger partial charge in [0.2, 0.25) is 0 Å². The Labute approximate surface area is 108 Å². The van der Waals surface area contributed by atoms with Gasteiger partial charge in [-0.3, -0.25) is 4.68 Å². The first-order valence-electron chi connectivity index (χ1n) is 6.19. The van der Waals surface area contributed by atoms with E-state index < -0.39 is 0 Å². The summed E-state index contributed by atoms with van der Waals surface area (Å²) in [6.07, 6.45) is 5.12. The monoisotopic (exact) mass is 252 g/mol. The van der Waals surface area contributed by atoms with Gasteiger partial charge in [-0.05, 0) is 38.0 Å². The van der Waals surface area contributed by atoms with Crippen molar-refractivity contribution in [3.63, 3.8) is 0 Å². The number of aryl methyl sites for hydroxylation is 2. The summed E-state index contributed by atoms with van der Waals surface area (Å²) in [5.41, 5.74) is 2.19. The van der Waals surface area contributed by atoms with Gasteiger partial charge in [0.15, 0.2) is 5.11 Å². The molecule has 0 saturated heterocycles. The lowest BCUT2D eigenvalue weighted by atomic mass is 10.3. The van der Waals surface area contributed by atoms with Gasteiger partial charge < -0.3 is 10.6 Å². The number of nitrogens with one attached hydrogen (secondary N) is 2. The van der Waals surface area contributed by atoms with Crippen molar-refractivity contribution in [2.45, 2.75) is 45.2 Å². The Morgan fingerprint density at radius 3 is 2.82 bits per heavy atom. The SMILES string of the molecule is Cc1cc(CNC(=S)NC2CCCC2)nn1C. The highest BCUT2D eigenvalue weighted by Gasteiger charge is 2.15. The summed E-state index contributed by atoms with van der Waals surface area (Å²) in [7, 11) is 1.95. The van der Waals surface area contributed by atoms with Gasteiger partial charge in [-0.25, -0.2) is 0 Å². The van der Waals surface area contributed by atoms with Gasteiger partial charge in [0.1, 0.15) is 0 Å². The molecule has 2 N–H and O–H groups in total. The molecule has 17 heavy (non-hydrogen) atoms. The minimum Gasteiger partial charge on any atom is -0.360 e. The van der Waals surface area contributed by atoms with E-state index in [0.29, 0.717) is 12.6 Å². The molecule has 1 heterocycles. The first-order chi connectivity index (χ1) is 8.15. The lowest BCUT2D eigenvalue weighted by Gasteiger charge is -2.14. The Kier molecular flexibility index (Phi) is 3.99. The minimum absolute atomic E-state index is 0.570. The third kappa shape index (κ3) is 3.43.